The summed E-state index contributed by atoms with van der Waals surface area (Å²) in [6.07, 6.45) is 2.27. The molecule has 0 unspecified atom stereocenters. The van der Waals surface area contributed by atoms with E-state index in [9.17, 15) is 9.18 Å². The van der Waals surface area contributed by atoms with E-state index >= 15 is 0 Å². The number of para-hydroxylation sites is 1. The van der Waals surface area contributed by atoms with E-state index in [0.29, 0.717) is 26.8 Å². The van der Waals surface area contributed by atoms with Crippen molar-refractivity contribution in [2.24, 2.45) is 5.92 Å². The second-order valence-corrected chi connectivity index (χ2v) is 8.05. The molecule has 0 radical (unpaired) electrons. The highest BCUT2D eigenvalue weighted by Crippen LogP contribution is 2.29. The number of nitrogens with zero attached hydrogens (tertiary/aromatic N) is 3. The summed E-state index contributed by atoms with van der Waals surface area (Å²) in [6, 6.07) is 6.41. The van der Waals surface area contributed by atoms with Gasteiger partial charge in [0.15, 0.2) is 4.34 Å². The standard InChI is InChI=1S/C16H19FN4OS2/c1-11-5-4-8-21(9-11)14(22)10-23-16-20-19-15(24-16)18-13-7-3-2-6-12(13)17/h2-3,6-7,11H,4-5,8-10H2,1H3,(H,18,19)/t11-/m1/s1. The Morgan fingerprint density at radius 2 is 2.29 bits per heavy atom. The van der Waals surface area contributed by atoms with Crippen molar-refractivity contribution in [3.63, 3.8) is 0 Å². The Labute approximate surface area is 148 Å². The van der Waals surface area contributed by atoms with E-state index in [1.807, 2.05) is 4.90 Å². The lowest BCUT2D eigenvalue weighted by molar-refractivity contribution is -0.130. The number of nitrogens with one attached hydrogen (secondary N) is 1. The average Bonchev–Trinajstić information content (AvgIpc) is 3.02. The average molecular weight is 366 g/mol. The zero-order valence-corrected chi connectivity index (χ0v) is 15.0. The molecule has 8 heteroatoms. The van der Waals surface area contributed by atoms with Gasteiger partial charge in [-0.1, -0.05) is 42.2 Å². The largest absolute Gasteiger partial charge is 0.342 e. The third-order valence-corrected chi connectivity index (χ3v) is 5.81. The van der Waals surface area contributed by atoms with Gasteiger partial charge in [0.1, 0.15) is 5.82 Å². The van der Waals surface area contributed by atoms with Crippen LogP contribution < -0.4 is 5.32 Å². The van der Waals surface area contributed by atoms with E-state index in [2.05, 4.69) is 22.4 Å². The molecule has 2 aromatic rings. The lowest BCUT2D eigenvalue weighted by Gasteiger charge is -2.30. The van der Waals surface area contributed by atoms with Crippen LogP contribution in [0.4, 0.5) is 15.2 Å². The zero-order valence-electron chi connectivity index (χ0n) is 13.4. The van der Waals surface area contributed by atoms with Crippen molar-refractivity contribution in [1.29, 1.82) is 0 Å². The third-order valence-electron chi connectivity index (χ3n) is 3.85. The molecule has 0 saturated carbocycles. The summed E-state index contributed by atoms with van der Waals surface area (Å²) in [5.41, 5.74) is 0.364. The van der Waals surface area contributed by atoms with Gasteiger partial charge in [-0.05, 0) is 30.9 Å². The topological polar surface area (TPSA) is 58.1 Å². The molecule has 1 aliphatic heterocycles. The molecule has 1 N–H and O–H groups in total. The summed E-state index contributed by atoms with van der Waals surface area (Å²) in [6.45, 7) is 3.87. The molecule has 3 rings (SSSR count). The van der Waals surface area contributed by atoms with Crippen LogP contribution in [0, 0.1) is 11.7 Å². The summed E-state index contributed by atoms with van der Waals surface area (Å²) < 4.78 is 14.3. The molecule has 128 valence electrons. The molecule has 5 nitrogen and oxygen atoms in total. The van der Waals surface area contributed by atoms with Crippen molar-refractivity contribution in [2.75, 3.05) is 24.2 Å². The van der Waals surface area contributed by atoms with Crippen LogP contribution in [0.25, 0.3) is 0 Å². The van der Waals surface area contributed by atoms with Crippen LogP contribution in [0.15, 0.2) is 28.6 Å². The second kappa shape index (κ2) is 7.94. The molecular formula is C16H19FN4OS2. The fourth-order valence-corrected chi connectivity index (χ4v) is 4.29. The number of hydrogen-bond donors (Lipinski definition) is 1. The molecule has 1 aromatic heterocycles. The van der Waals surface area contributed by atoms with Gasteiger partial charge < -0.3 is 10.2 Å². The van der Waals surface area contributed by atoms with Gasteiger partial charge in [0, 0.05) is 13.1 Å². The molecule has 1 saturated heterocycles. The fourth-order valence-electron chi connectivity index (χ4n) is 2.63. The van der Waals surface area contributed by atoms with Gasteiger partial charge in [0.25, 0.3) is 0 Å². The number of anilines is 2. The monoisotopic (exact) mass is 366 g/mol. The number of piperidine rings is 1. The van der Waals surface area contributed by atoms with E-state index < -0.39 is 0 Å². The summed E-state index contributed by atoms with van der Waals surface area (Å²) in [7, 11) is 0. The number of amides is 1. The van der Waals surface area contributed by atoms with Gasteiger partial charge in [0.05, 0.1) is 11.4 Å². The van der Waals surface area contributed by atoms with Crippen LogP contribution in [0.5, 0.6) is 0 Å². The molecular weight excluding hydrogens is 347 g/mol. The zero-order chi connectivity index (χ0) is 16.9. The van der Waals surface area contributed by atoms with Gasteiger partial charge >= 0.3 is 0 Å². The van der Waals surface area contributed by atoms with Crippen molar-refractivity contribution >= 4 is 39.8 Å². The highest BCUT2D eigenvalue weighted by atomic mass is 32.2. The highest BCUT2D eigenvalue weighted by molar-refractivity contribution is 8.01. The number of likely N-dealkylation sites (tertiary alicyclic amines) is 1. The number of benzene rings is 1. The molecule has 2 heterocycles. The first-order valence-corrected chi connectivity index (χ1v) is 9.67. The Morgan fingerprint density at radius 3 is 3.08 bits per heavy atom. The predicted molar refractivity (Wildman–Crippen MR) is 95.3 cm³/mol. The number of hydrogen-bond acceptors (Lipinski definition) is 6. The molecule has 1 aliphatic rings. The number of rotatable bonds is 5. The van der Waals surface area contributed by atoms with E-state index in [4.69, 9.17) is 0 Å². The first-order chi connectivity index (χ1) is 11.6. The van der Waals surface area contributed by atoms with Crippen molar-refractivity contribution in [3.8, 4) is 0 Å². The van der Waals surface area contributed by atoms with Gasteiger partial charge in [-0.25, -0.2) is 4.39 Å². The van der Waals surface area contributed by atoms with Crippen LogP contribution in [-0.2, 0) is 4.79 Å². The maximum absolute atomic E-state index is 13.6. The van der Waals surface area contributed by atoms with Crippen LogP contribution >= 0.6 is 23.1 Å². The lowest BCUT2D eigenvalue weighted by atomic mass is 10.0. The Bertz CT molecular complexity index is 709. The maximum atomic E-state index is 13.6. The highest BCUT2D eigenvalue weighted by Gasteiger charge is 2.21. The first-order valence-electron chi connectivity index (χ1n) is 7.87. The Kier molecular flexibility index (Phi) is 5.68. The molecule has 1 aromatic carbocycles. The van der Waals surface area contributed by atoms with E-state index in [0.717, 1.165) is 19.5 Å². The summed E-state index contributed by atoms with van der Waals surface area (Å²) in [4.78, 5) is 14.2. The van der Waals surface area contributed by atoms with Crippen molar-refractivity contribution in [1.82, 2.24) is 15.1 Å². The number of halogens is 1. The van der Waals surface area contributed by atoms with Crippen LogP contribution in [-0.4, -0.2) is 39.8 Å². The van der Waals surface area contributed by atoms with Gasteiger partial charge in [-0.3, -0.25) is 4.79 Å². The predicted octanol–water partition coefficient (Wildman–Crippen LogP) is 3.77. The van der Waals surface area contributed by atoms with Gasteiger partial charge in [-0.2, -0.15) is 0 Å². The molecule has 1 atom stereocenters. The Morgan fingerprint density at radius 1 is 1.46 bits per heavy atom. The molecule has 1 fully saturated rings. The second-order valence-electron chi connectivity index (χ2n) is 5.85. The number of aromatic nitrogens is 2. The smallest absolute Gasteiger partial charge is 0.233 e. The van der Waals surface area contributed by atoms with Crippen molar-refractivity contribution in [3.05, 3.63) is 30.1 Å². The van der Waals surface area contributed by atoms with E-state index in [1.54, 1.807) is 18.2 Å². The SMILES string of the molecule is C[C@@H]1CCCN(C(=O)CSc2nnc(Nc3ccccc3F)s2)C1. The third kappa shape index (κ3) is 4.45. The van der Waals surface area contributed by atoms with Crippen LogP contribution in [0.2, 0.25) is 0 Å². The van der Waals surface area contributed by atoms with Gasteiger partial charge in [0.2, 0.25) is 11.0 Å². The maximum Gasteiger partial charge on any atom is 0.233 e. The molecule has 0 aliphatic carbocycles. The van der Waals surface area contributed by atoms with E-state index in [1.165, 1.54) is 35.6 Å². The minimum Gasteiger partial charge on any atom is -0.342 e. The van der Waals surface area contributed by atoms with Crippen molar-refractivity contribution in [2.45, 2.75) is 24.1 Å². The number of carbonyl (C=O) groups is 1. The number of thioether (sulfide) groups is 1. The lowest BCUT2D eigenvalue weighted by Crippen LogP contribution is -2.40. The summed E-state index contributed by atoms with van der Waals surface area (Å²) in [5, 5.41) is 11.5. The van der Waals surface area contributed by atoms with E-state index in [-0.39, 0.29) is 11.7 Å². The van der Waals surface area contributed by atoms with Crippen LogP contribution in [0.3, 0.4) is 0 Å². The molecule has 0 bridgehead atoms. The summed E-state index contributed by atoms with van der Waals surface area (Å²) in [5.74, 6) is 0.744. The fraction of sp³-hybridized carbons (Fsp3) is 0.438. The molecule has 24 heavy (non-hydrogen) atoms. The van der Waals surface area contributed by atoms with Crippen molar-refractivity contribution < 1.29 is 9.18 Å². The minimum atomic E-state index is -0.337. The quantitative estimate of drug-likeness (QED) is 0.816. The normalized spacial score (nSPS) is 17.8. The summed E-state index contributed by atoms with van der Waals surface area (Å²) >= 11 is 2.70. The number of carbonyl (C=O) groups excluding carboxylic acids is 1. The Balaban J connectivity index is 1.53. The minimum absolute atomic E-state index is 0.144. The Hall–Kier alpha value is -1.67. The molecule has 0 spiro atoms. The molecule has 1 amide bonds. The van der Waals surface area contributed by atoms with Gasteiger partial charge in [-0.15, -0.1) is 10.2 Å². The van der Waals surface area contributed by atoms with Crippen LogP contribution in [0.1, 0.15) is 19.8 Å². The first kappa shape index (κ1) is 17.2.